The lowest BCUT2D eigenvalue weighted by Gasteiger charge is -2.20. The molecule has 1 saturated heterocycles. The Kier molecular flexibility index (Phi) is 3.62. The number of carbonyl (C=O) groups excluding carboxylic acids is 1. The van der Waals surface area contributed by atoms with Crippen LogP contribution in [0.15, 0.2) is 16.6 Å². The molecule has 1 fully saturated rings. The van der Waals surface area contributed by atoms with Gasteiger partial charge in [-0.25, -0.2) is 0 Å². The van der Waals surface area contributed by atoms with Crippen LogP contribution in [0.1, 0.15) is 12.0 Å². The van der Waals surface area contributed by atoms with E-state index in [1.165, 1.54) is 0 Å². The summed E-state index contributed by atoms with van der Waals surface area (Å²) in [4.78, 5) is 13.9. The van der Waals surface area contributed by atoms with E-state index < -0.39 is 0 Å². The zero-order valence-electron chi connectivity index (χ0n) is 8.64. The van der Waals surface area contributed by atoms with E-state index in [9.17, 15) is 4.79 Å². The van der Waals surface area contributed by atoms with Crippen LogP contribution in [0.25, 0.3) is 0 Å². The summed E-state index contributed by atoms with van der Waals surface area (Å²) < 4.78 is 0.868. The van der Waals surface area contributed by atoms with Crippen molar-refractivity contribution in [2.45, 2.75) is 18.2 Å². The predicted molar refractivity (Wildman–Crippen MR) is 73.6 cm³/mol. The van der Waals surface area contributed by atoms with E-state index in [-0.39, 0.29) is 10.7 Å². The molecule has 0 N–H and O–H groups in total. The molecule has 2 rings (SSSR count). The molecule has 0 spiro atoms. The topological polar surface area (TPSA) is 20.3 Å². The van der Waals surface area contributed by atoms with Gasteiger partial charge in [-0.3, -0.25) is 4.79 Å². The highest BCUT2D eigenvalue weighted by Gasteiger charge is 2.30. The molecule has 1 heterocycles. The number of hydrogen-bond donors (Lipinski definition) is 0. The number of benzene rings is 1. The van der Waals surface area contributed by atoms with Gasteiger partial charge in [0, 0.05) is 27.3 Å². The minimum atomic E-state index is 0.146. The molecule has 1 aliphatic heterocycles. The molecular formula is C11H10Br2ClNO. The third-order valence-electron chi connectivity index (χ3n) is 2.57. The molecule has 0 aliphatic carbocycles. The molecule has 0 radical (unpaired) electrons. The molecule has 1 amide bonds. The number of anilines is 1. The quantitative estimate of drug-likeness (QED) is 0.689. The van der Waals surface area contributed by atoms with E-state index in [4.69, 9.17) is 11.6 Å². The second kappa shape index (κ2) is 4.67. The minimum Gasteiger partial charge on any atom is -0.310 e. The second-order valence-corrected chi connectivity index (χ2v) is 6.44. The normalized spacial score (nSPS) is 20.6. The summed E-state index contributed by atoms with van der Waals surface area (Å²) in [5.41, 5.74) is 1.94. The summed E-state index contributed by atoms with van der Waals surface area (Å²) in [6.45, 7) is 2.67. The number of aryl methyl sites for hydroxylation is 1. The number of carbonyl (C=O) groups is 1. The van der Waals surface area contributed by atoms with Crippen molar-refractivity contribution in [3.8, 4) is 0 Å². The number of amides is 1. The SMILES string of the molecule is Cc1cc(Cl)cc(Br)c1N1CC(Br)CC1=O. The molecule has 1 atom stereocenters. The van der Waals surface area contributed by atoms with Gasteiger partial charge in [0.1, 0.15) is 0 Å². The Balaban J connectivity index is 2.44. The summed E-state index contributed by atoms with van der Waals surface area (Å²) in [7, 11) is 0. The molecule has 1 aromatic carbocycles. The lowest BCUT2D eigenvalue weighted by molar-refractivity contribution is -0.117. The van der Waals surface area contributed by atoms with Gasteiger partial charge in [-0.1, -0.05) is 27.5 Å². The highest BCUT2D eigenvalue weighted by molar-refractivity contribution is 9.10. The number of rotatable bonds is 1. The van der Waals surface area contributed by atoms with Crippen LogP contribution in [0.3, 0.4) is 0 Å². The monoisotopic (exact) mass is 365 g/mol. The third-order valence-corrected chi connectivity index (χ3v) is 4.00. The van der Waals surface area contributed by atoms with Crippen molar-refractivity contribution in [1.29, 1.82) is 0 Å². The summed E-state index contributed by atoms with van der Waals surface area (Å²) in [5, 5.41) is 0.676. The number of alkyl halides is 1. The third kappa shape index (κ3) is 2.29. The highest BCUT2D eigenvalue weighted by atomic mass is 79.9. The fraction of sp³-hybridized carbons (Fsp3) is 0.364. The highest BCUT2D eigenvalue weighted by Crippen LogP contribution is 2.36. The minimum absolute atomic E-state index is 0.146. The fourth-order valence-corrected chi connectivity index (χ4v) is 3.66. The Morgan fingerprint density at radius 1 is 1.50 bits per heavy atom. The molecular weight excluding hydrogens is 357 g/mol. The Bertz CT molecular complexity index is 427. The molecule has 2 nitrogen and oxygen atoms in total. The first kappa shape index (κ1) is 12.4. The van der Waals surface area contributed by atoms with Gasteiger partial charge in [0.2, 0.25) is 5.91 Å². The van der Waals surface area contributed by atoms with Crippen molar-refractivity contribution in [1.82, 2.24) is 0 Å². The van der Waals surface area contributed by atoms with Gasteiger partial charge in [-0.15, -0.1) is 0 Å². The number of nitrogens with zero attached hydrogens (tertiary/aromatic N) is 1. The van der Waals surface area contributed by atoms with Crippen molar-refractivity contribution < 1.29 is 4.79 Å². The van der Waals surface area contributed by atoms with Crippen molar-refractivity contribution in [2.75, 3.05) is 11.4 Å². The molecule has 1 aliphatic rings. The first-order valence-corrected chi connectivity index (χ1v) is 6.98. The van der Waals surface area contributed by atoms with E-state index in [0.717, 1.165) is 15.7 Å². The maximum Gasteiger partial charge on any atom is 0.228 e. The Hall–Kier alpha value is -0.0600. The number of halogens is 3. The van der Waals surface area contributed by atoms with Gasteiger partial charge in [0.15, 0.2) is 0 Å². The molecule has 0 bridgehead atoms. The van der Waals surface area contributed by atoms with Crippen LogP contribution in [-0.2, 0) is 4.79 Å². The predicted octanol–water partition coefficient (Wildman–Crippen LogP) is 3.91. The van der Waals surface area contributed by atoms with Crippen LogP contribution in [0, 0.1) is 6.92 Å². The van der Waals surface area contributed by atoms with Crippen molar-refractivity contribution in [2.24, 2.45) is 0 Å². The van der Waals surface area contributed by atoms with E-state index >= 15 is 0 Å². The fourth-order valence-electron chi connectivity index (χ4n) is 1.92. The molecule has 86 valence electrons. The van der Waals surface area contributed by atoms with E-state index in [1.807, 2.05) is 19.1 Å². The summed E-state index contributed by atoms with van der Waals surface area (Å²) in [6.07, 6.45) is 0.550. The molecule has 1 unspecified atom stereocenters. The molecule has 0 aromatic heterocycles. The van der Waals surface area contributed by atoms with Crippen LogP contribution in [-0.4, -0.2) is 17.3 Å². The lowest BCUT2D eigenvalue weighted by atomic mass is 10.2. The van der Waals surface area contributed by atoms with Crippen molar-refractivity contribution in [3.63, 3.8) is 0 Å². The molecule has 5 heteroatoms. The summed E-state index contributed by atoms with van der Waals surface area (Å²) >= 11 is 12.9. The first-order chi connectivity index (χ1) is 7.49. The average Bonchev–Trinajstić information content (AvgIpc) is 2.43. The van der Waals surface area contributed by atoms with Gasteiger partial charge >= 0.3 is 0 Å². The first-order valence-electron chi connectivity index (χ1n) is 4.89. The van der Waals surface area contributed by atoms with Gasteiger partial charge in [-0.05, 0) is 40.5 Å². The average molecular weight is 367 g/mol. The standard InChI is InChI=1S/C11H10Br2ClNO/c1-6-2-8(14)4-9(13)11(6)15-5-7(12)3-10(15)16/h2,4,7H,3,5H2,1H3. The second-order valence-electron chi connectivity index (χ2n) is 3.86. The zero-order valence-corrected chi connectivity index (χ0v) is 12.6. The summed E-state index contributed by atoms with van der Waals surface area (Å²) in [5.74, 6) is 0.146. The smallest absolute Gasteiger partial charge is 0.228 e. The van der Waals surface area contributed by atoms with Crippen LogP contribution < -0.4 is 4.90 Å². The molecule has 16 heavy (non-hydrogen) atoms. The number of hydrogen-bond acceptors (Lipinski definition) is 1. The zero-order chi connectivity index (χ0) is 11.9. The Morgan fingerprint density at radius 3 is 2.69 bits per heavy atom. The maximum absolute atomic E-state index is 11.8. The summed E-state index contributed by atoms with van der Waals surface area (Å²) in [6, 6.07) is 3.69. The Labute approximate surface area is 116 Å². The van der Waals surface area contributed by atoms with Crippen LogP contribution >= 0.6 is 43.5 Å². The van der Waals surface area contributed by atoms with Crippen LogP contribution in [0.2, 0.25) is 5.02 Å². The van der Waals surface area contributed by atoms with Gasteiger partial charge < -0.3 is 4.90 Å². The van der Waals surface area contributed by atoms with E-state index in [0.29, 0.717) is 18.0 Å². The van der Waals surface area contributed by atoms with Gasteiger partial charge in [0.05, 0.1) is 5.69 Å². The largest absolute Gasteiger partial charge is 0.310 e. The van der Waals surface area contributed by atoms with Gasteiger partial charge in [-0.2, -0.15) is 0 Å². The van der Waals surface area contributed by atoms with Crippen molar-refractivity contribution >= 4 is 55.1 Å². The Morgan fingerprint density at radius 2 is 2.19 bits per heavy atom. The molecule has 1 aromatic rings. The maximum atomic E-state index is 11.8. The lowest BCUT2D eigenvalue weighted by Crippen LogP contribution is -2.25. The van der Waals surface area contributed by atoms with Crippen LogP contribution in [0.4, 0.5) is 5.69 Å². The molecule has 0 saturated carbocycles. The van der Waals surface area contributed by atoms with E-state index in [1.54, 1.807) is 4.90 Å². The van der Waals surface area contributed by atoms with Crippen LogP contribution in [0.5, 0.6) is 0 Å². The van der Waals surface area contributed by atoms with Gasteiger partial charge in [0.25, 0.3) is 0 Å². The van der Waals surface area contributed by atoms with E-state index in [2.05, 4.69) is 31.9 Å². The van der Waals surface area contributed by atoms with Crippen molar-refractivity contribution in [3.05, 3.63) is 27.2 Å².